The summed E-state index contributed by atoms with van der Waals surface area (Å²) in [4.78, 5) is 13.9. The third-order valence-electron chi connectivity index (χ3n) is 1.51. The summed E-state index contributed by atoms with van der Waals surface area (Å²) < 4.78 is 51.8. The number of hydrogen-bond acceptors (Lipinski definition) is 3. The van der Waals surface area contributed by atoms with Crippen LogP contribution in [0, 0.1) is 3.70 Å². The van der Waals surface area contributed by atoms with Gasteiger partial charge in [0, 0.05) is 5.56 Å². The number of aldehydes is 1. The maximum atomic E-state index is 12.5. The van der Waals surface area contributed by atoms with Crippen molar-refractivity contribution in [2.75, 3.05) is 0 Å². The van der Waals surface area contributed by atoms with Crippen molar-refractivity contribution in [1.82, 2.24) is 4.98 Å². The highest BCUT2D eigenvalue weighted by atomic mass is 127. The van der Waals surface area contributed by atoms with Gasteiger partial charge in [0.05, 0.1) is 0 Å². The van der Waals surface area contributed by atoms with E-state index in [1.54, 1.807) is 0 Å². The van der Waals surface area contributed by atoms with Crippen LogP contribution in [0.15, 0.2) is 6.07 Å². The number of carbonyl (C=O) groups is 1. The minimum atomic E-state index is -4.92. The molecule has 8 heteroatoms. The van der Waals surface area contributed by atoms with E-state index >= 15 is 0 Å². The van der Waals surface area contributed by atoms with Gasteiger partial charge in [-0.3, -0.25) is 4.79 Å². The second-order valence-electron chi connectivity index (χ2n) is 2.63. The normalized spacial score (nSPS) is 11.3. The second kappa shape index (κ2) is 4.93. The molecular weight excluding hydrogens is 345 g/mol. The maximum Gasteiger partial charge on any atom is 0.573 e. The fourth-order valence-corrected chi connectivity index (χ4v) is 1.69. The zero-order chi connectivity index (χ0) is 12.3. The summed E-state index contributed by atoms with van der Waals surface area (Å²) in [5.74, 6) is -0.707. The molecule has 1 aromatic rings. The van der Waals surface area contributed by atoms with Crippen molar-refractivity contribution in [2.45, 2.75) is 13.0 Å². The first-order valence-corrected chi connectivity index (χ1v) is 4.91. The topological polar surface area (TPSA) is 39.2 Å². The molecule has 0 spiro atoms. The first-order chi connectivity index (χ1) is 7.37. The summed E-state index contributed by atoms with van der Waals surface area (Å²) in [6.45, 7) is -1.18. The van der Waals surface area contributed by atoms with Gasteiger partial charge < -0.3 is 4.74 Å². The highest BCUT2D eigenvalue weighted by Crippen LogP contribution is 2.31. The summed E-state index contributed by atoms with van der Waals surface area (Å²) in [5, 5.41) is 0. The van der Waals surface area contributed by atoms with Gasteiger partial charge in [-0.1, -0.05) is 0 Å². The highest BCUT2D eigenvalue weighted by molar-refractivity contribution is 14.1. The predicted octanol–water partition coefficient (Wildman–Crippen LogP) is 2.87. The van der Waals surface area contributed by atoms with E-state index in [2.05, 4.69) is 9.72 Å². The van der Waals surface area contributed by atoms with E-state index in [1.165, 1.54) is 22.6 Å². The van der Waals surface area contributed by atoms with E-state index in [0.29, 0.717) is 6.29 Å². The molecule has 1 aromatic heterocycles. The molecule has 0 aliphatic rings. The standard InChI is InChI=1S/C8H4F4INO2/c9-2-4-1-5(3-15)14-7(13)6(4)16-8(10,11)12/h1,3H,2H2. The minimum absolute atomic E-state index is 0.147. The van der Waals surface area contributed by atoms with Crippen molar-refractivity contribution in [3.05, 3.63) is 21.0 Å². The Bertz CT molecular complexity index is 408. The fraction of sp³-hybridized carbons (Fsp3) is 0.250. The molecule has 0 bridgehead atoms. The molecule has 16 heavy (non-hydrogen) atoms. The monoisotopic (exact) mass is 349 g/mol. The number of rotatable bonds is 3. The maximum absolute atomic E-state index is 12.5. The first kappa shape index (κ1) is 13.1. The van der Waals surface area contributed by atoms with E-state index in [1.807, 2.05) is 0 Å². The van der Waals surface area contributed by atoms with Crippen LogP contribution in [0.2, 0.25) is 0 Å². The second-order valence-corrected chi connectivity index (χ2v) is 3.65. The molecule has 0 radical (unpaired) electrons. The molecular formula is C8H4F4INO2. The summed E-state index contributed by atoms with van der Waals surface area (Å²) in [6.07, 6.45) is -4.60. The molecule has 0 aromatic carbocycles. The van der Waals surface area contributed by atoms with Crippen LogP contribution in [-0.2, 0) is 6.67 Å². The van der Waals surface area contributed by atoms with Gasteiger partial charge in [0.25, 0.3) is 0 Å². The van der Waals surface area contributed by atoms with Crippen LogP contribution in [0.1, 0.15) is 16.1 Å². The molecule has 0 saturated heterocycles. The molecule has 0 atom stereocenters. The van der Waals surface area contributed by atoms with Crippen molar-refractivity contribution in [3.63, 3.8) is 0 Å². The van der Waals surface area contributed by atoms with Gasteiger partial charge in [-0.15, -0.1) is 13.2 Å². The van der Waals surface area contributed by atoms with Crippen LogP contribution < -0.4 is 4.74 Å². The fourth-order valence-electron chi connectivity index (χ4n) is 0.956. The lowest BCUT2D eigenvalue weighted by Crippen LogP contribution is -2.19. The molecule has 0 amide bonds. The number of ether oxygens (including phenoxy) is 1. The number of carbonyl (C=O) groups excluding carboxylic acids is 1. The Morgan fingerprint density at radius 1 is 1.50 bits per heavy atom. The smallest absolute Gasteiger partial charge is 0.403 e. The number of nitrogens with zero attached hydrogens (tertiary/aromatic N) is 1. The van der Waals surface area contributed by atoms with Gasteiger partial charge in [0.2, 0.25) is 0 Å². The molecule has 1 heterocycles. The van der Waals surface area contributed by atoms with Crippen LogP contribution in [0.5, 0.6) is 5.75 Å². The quantitative estimate of drug-likeness (QED) is 0.365. The van der Waals surface area contributed by atoms with Gasteiger partial charge in [-0.25, -0.2) is 9.37 Å². The Morgan fingerprint density at radius 3 is 2.56 bits per heavy atom. The van der Waals surface area contributed by atoms with E-state index in [9.17, 15) is 22.4 Å². The molecule has 0 aliphatic heterocycles. The lowest BCUT2D eigenvalue weighted by atomic mass is 10.2. The van der Waals surface area contributed by atoms with Crippen molar-refractivity contribution < 1.29 is 27.1 Å². The molecule has 3 nitrogen and oxygen atoms in total. The third kappa shape index (κ3) is 3.29. The number of alkyl halides is 4. The molecule has 0 N–H and O–H groups in total. The van der Waals surface area contributed by atoms with Crippen molar-refractivity contribution in [3.8, 4) is 5.75 Å². The van der Waals surface area contributed by atoms with Crippen LogP contribution in [0.3, 0.4) is 0 Å². The Morgan fingerprint density at radius 2 is 2.12 bits per heavy atom. The molecule has 0 saturated carbocycles. The first-order valence-electron chi connectivity index (χ1n) is 3.83. The summed E-state index contributed by atoms with van der Waals surface area (Å²) >= 11 is 1.44. The van der Waals surface area contributed by atoms with Crippen molar-refractivity contribution >= 4 is 28.9 Å². The van der Waals surface area contributed by atoms with E-state index in [0.717, 1.165) is 6.07 Å². The van der Waals surface area contributed by atoms with Gasteiger partial charge in [0.15, 0.2) is 12.0 Å². The predicted molar refractivity (Wildman–Crippen MR) is 53.8 cm³/mol. The number of hydrogen-bond donors (Lipinski definition) is 0. The Hall–Kier alpha value is -0.930. The SMILES string of the molecule is O=Cc1cc(CF)c(OC(F)(F)F)c(I)n1. The van der Waals surface area contributed by atoms with Gasteiger partial charge in [-0.05, 0) is 28.7 Å². The van der Waals surface area contributed by atoms with Gasteiger partial charge >= 0.3 is 6.36 Å². The molecule has 88 valence electrons. The van der Waals surface area contributed by atoms with Crippen molar-refractivity contribution in [1.29, 1.82) is 0 Å². The molecule has 0 aliphatic carbocycles. The number of pyridine rings is 1. The zero-order valence-corrected chi connectivity index (χ0v) is 9.67. The Labute approximate surface area is 101 Å². The van der Waals surface area contributed by atoms with Crippen LogP contribution >= 0.6 is 22.6 Å². The lowest BCUT2D eigenvalue weighted by molar-refractivity contribution is -0.275. The van der Waals surface area contributed by atoms with E-state index in [4.69, 9.17) is 0 Å². The average molecular weight is 349 g/mol. The van der Waals surface area contributed by atoms with E-state index in [-0.39, 0.29) is 15.0 Å². The zero-order valence-electron chi connectivity index (χ0n) is 7.52. The third-order valence-corrected chi connectivity index (χ3v) is 2.24. The lowest BCUT2D eigenvalue weighted by Gasteiger charge is -2.13. The Kier molecular flexibility index (Phi) is 4.05. The van der Waals surface area contributed by atoms with E-state index < -0.39 is 18.8 Å². The van der Waals surface area contributed by atoms with Crippen molar-refractivity contribution in [2.24, 2.45) is 0 Å². The average Bonchev–Trinajstić information content (AvgIpc) is 2.19. The van der Waals surface area contributed by atoms with Crippen LogP contribution in [0.4, 0.5) is 17.6 Å². The number of aromatic nitrogens is 1. The van der Waals surface area contributed by atoms with Crippen LogP contribution in [0.25, 0.3) is 0 Å². The molecule has 0 unspecified atom stereocenters. The Balaban J connectivity index is 3.21. The van der Waals surface area contributed by atoms with Gasteiger partial charge in [-0.2, -0.15) is 0 Å². The number of halogens is 5. The van der Waals surface area contributed by atoms with Gasteiger partial charge in [0.1, 0.15) is 16.1 Å². The largest absolute Gasteiger partial charge is 0.573 e. The summed E-state index contributed by atoms with van der Waals surface area (Å²) in [5.41, 5.74) is -0.509. The highest BCUT2D eigenvalue weighted by Gasteiger charge is 2.33. The molecule has 0 fully saturated rings. The summed E-state index contributed by atoms with van der Waals surface area (Å²) in [6, 6.07) is 0.913. The van der Waals surface area contributed by atoms with Crippen LogP contribution in [-0.4, -0.2) is 17.6 Å². The molecule has 1 rings (SSSR count). The minimum Gasteiger partial charge on any atom is -0.403 e. The summed E-state index contributed by atoms with van der Waals surface area (Å²) in [7, 11) is 0.